The van der Waals surface area contributed by atoms with Crippen molar-refractivity contribution in [3.8, 4) is 0 Å². The standard InChI is InChI=1S/C16H16N2O6/c1-10-8-12(5-6-14(10)18(21)22)16(20)24-11(2)15(19)17-9-13-4-3-7-23-13/h3-8,11H,9H2,1-2H3,(H,17,19)/t11-/m0/s1. The summed E-state index contributed by atoms with van der Waals surface area (Å²) in [5.74, 6) is -0.625. The molecule has 1 amide bonds. The SMILES string of the molecule is Cc1cc(C(=O)O[C@@H](C)C(=O)NCc2ccco2)ccc1[N+](=O)[O-]. The molecule has 0 aliphatic heterocycles. The third kappa shape index (κ3) is 4.19. The van der Waals surface area contributed by atoms with Gasteiger partial charge in [-0.15, -0.1) is 0 Å². The average molecular weight is 332 g/mol. The second kappa shape index (κ2) is 7.40. The molecule has 0 bridgehead atoms. The Morgan fingerprint density at radius 2 is 2.12 bits per heavy atom. The lowest BCUT2D eigenvalue weighted by molar-refractivity contribution is -0.385. The van der Waals surface area contributed by atoms with E-state index in [0.717, 1.165) is 0 Å². The third-order valence-corrected chi connectivity index (χ3v) is 3.30. The van der Waals surface area contributed by atoms with Crippen LogP contribution in [0.5, 0.6) is 0 Å². The molecule has 1 heterocycles. The van der Waals surface area contributed by atoms with Crippen LogP contribution >= 0.6 is 0 Å². The van der Waals surface area contributed by atoms with Crippen LogP contribution in [0.3, 0.4) is 0 Å². The molecule has 2 rings (SSSR count). The molecule has 1 N–H and O–H groups in total. The molecule has 8 nitrogen and oxygen atoms in total. The van der Waals surface area contributed by atoms with E-state index in [1.165, 1.54) is 38.3 Å². The first-order chi connectivity index (χ1) is 11.4. The van der Waals surface area contributed by atoms with E-state index in [9.17, 15) is 19.7 Å². The van der Waals surface area contributed by atoms with Crippen LogP contribution in [0.25, 0.3) is 0 Å². The maximum atomic E-state index is 12.0. The summed E-state index contributed by atoms with van der Waals surface area (Å²) in [5, 5.41) is 13.3. The molecule has 1 atom stereocenters. The number of nitrogens with one attached hydrogen (secondary N) is 1. The molecule has 8 heteroatoms. The normalized spacial score (nSPS) is 11.6. The number of benzene rings is 1. The van der Waals surface area contributed by atoms with Crippen LogP contribution in [0, 0.1) is 17.0 Å². The van der Waals surface area contributed by atoms with Crippen molar-refractivity contribution < 1.29 is 23.7 Å². The first-order valence-corrected chi connectivity index (χ1v) is 7.14. The minimum atomic E-state index is -1.01. The van der Waals surface area contributed by atoms with E-state index in [2.05, 4.69) is 5.32 Å². The Hall–Kier alpha value is -3.16. The summed E-state index contributed by atoms with van der Waals surface area (Å²) in [6.07, 6.45) is 0.477. The van der Waals surface area contributed by atoms with E-state index in [-0.39, 0.29) is 17.8 Å². The number of nitro benzene ring substituents is 1. The molecule has 0 saturated heterocycles. The predicted octanol–water partition coefficient (Wildman–Crippen LogP) is 2.36. The van der Waals surface area contributed by atoms with Gasteiger partial charge in [0, 0.05) is 11.6 Å². The number of esters is 1. The molecule has 0 aliphatic rings. The van der Waals surface area contributed by atoms with Gasteiger partial charge in [-0.3, -0.25) is 14.9 Å². The smallest absolute Gasteiger partial charge is 0.338 e. The zero-order valence-electron chi connectivity index (χ0n) is 13.1. The summed E-state index contributed by atoms with van der Waals surface area (Å²) in [5.41, 5.74) is 0.393. The van der Waals surface area contributed by atoms with Crippen molar-refractivity contribution >= 4 is 17.6 Å². The highest BCUT2D eigenvalue weighted by Gasteiger charge is 2.20. The van der Waals surface area contributed by atoms with Gasteiger partial charge in [-0.05, 0) is 38.1 Å². The third-order valence-electron chi connectivity index (χ3n) is 3.30. The molecule has 0 radical (unpaired) electrons. The number of furan rings is 1. The van der Waals surface area contributed by atoms with Crippen LogP contribution in [-0.2, 0) is 16.1 Å². The van der Waals surface area contributed by atoms with Gasteiger partial charge in [0.25, 0.3) is 11.6 Å². The Labute approximate surface area is 137 Å². The Morgan fingerprint density at radius 1 is 1.38 bits per heavy atom. The quantitative estimate of drug-likeness (QED) is 0.494. The minimum absolute atomic E-state index is 0.0872. The molecule has 0 unspecified atom stereocenters. The fraction of sp³-hybridized carbons (Fsp3) is 0.250. The second-order valence-electron chi connectivity index (χ2n) is 5.10. The van der Waals surface area contributed by atoms with Crippen LogP contribution < -0.4 is 5.32 Å². The number of nitrogens with zero attached hydrogens (tertiary/aromatic N) is 1. The maximum Gasteiger partial charge on any atom is 0.338 e. The van der Waals surface area contributed by atoms with E-state index in [1.54, 1.807) is 12.1 Å². The Morgan fingerprint density at radius 3 is 2.71 bits per heavy atom. The summed E-state index contributed by atoms with van der Waals surface area (Å²) in [7, 11) is 0. The Balaban J connectivity index is 1.94. The molecule has 0 fully saturated rings. The number of aryl methyl sites for hydroxylation is 1. The summed E-state index contributed by atoms with van der Waals surface area (Å²) in [6, 6.07) is 7.28. The molecule has 1 aromatic carbocycles. The van der Waals surface area contributed by atoms with E-state index in [0.29, 0.717) is 11.3 Å². The van der Waals surface area contributed by atoms with E-state index in [4.69, 9.17) is 9.15 Å². The number of carbonyl (C=O) groups excluding carboxylic acids is 2. The first-order valence-electron chi connectivity index (χ1n) is 7.14. The average Bonchev–Trinajstić information content (AvgIpc) is 3.05. The van der Waals surface area contributed by atoms with Crippen molar-refractivity contribution in [3.05, 3.63) is 63.6 Å². The lowest BCUT2D eigenvalue weighted by atomic mass is 10.1. The Kier molecular flexibility index (Phi) is 5.31. The monoisotopic (exact) mass is 332 g/mol. The van der Waals surface area contributed by atoms with Crippen LogP contribution in [0.1, 0.15) is 28.6 Å². The second-order valence-corrected chi connectivity index (χ2v) is 5.10. The number of amides is 1. The van der Waals surface area contributed by atoms with E-state index < -0.39 is 22.9 Å². The molecule has 2 aromatic rings. The van der Waals surface area contributed by atoms with Crippen molar-refractivity contribution in [3.63, 3.8) is 0 Å². The zero-order chi connectivity index (χ0) is 17.7. The number of hydrogen-bond acceptors (Lipinski definition) is 6. The highest BCUT2D eigenvalue weighted by atomic mass is 16.6. The Bertz CT molecular complexity index is 754. The number of ether oxygens (including phenoxy) is 1. The summed E-state index contributed by atoms with van der Waals surface area (Å²) < 4.78 is 10.2. The van der Waals surface area contributed by atoms with Crippen LogP contribution in [-0.4, -0.2) is 22.9 Å². The lowest BCUT2D eigenvalue weighted by Gasteiger charge is -2.13. The first kappa shape index (κ1) is 17.2. The van der Waals surface area contributed by atoms with Crippen molar-refractivity contribution in [2.75, 3.05) is 0 Å². The van der Waals surface area contributed by atoms with E-state index >= 15 is 0 Å². The van der Waals surface area contributed by atoms with Gasteiger partial charge in [0.1, 0.15) is 5.76 Å². The van der Waals surface area contributed by atoms with Crippen molar-refractivity contribution in [2.24, 2.45) is 0 Å². The van der Waals surface area contributed by atoms with Gasteiger partial charge >= 0.3 is 5.97 Å². The van der Waals surface area contributed by atoms with Gasteiger partial charge < -0.3 is 14.5 Å². The highest BCUT2D eigenvalue weighted by Crippen LogP contribution is 2.19. The fourth-order valence-corrected chi connectivity index (χ4v) is 2.00. The molecular weight excluding hydrogens is 316 g/mol. The van der Waals surface area contributed by atoms with Crippen LogP contribution in [0.15, 0.2) is 41.0 Å². The molecular formula is C16H16N2O6. The number of rotatable bonds is 6. The number of hydrogen-bond donors (Lipinski definition) is 1. The van der Waals surface area contributed by atoms with Crippen LogP contribution in [0.4, 0.5) is 5.69 Å². The predicted molar refractivity (Wildman–Crippen MR) is 83.3 cm³/mol. The molecule has 0 saturated carbocycles. The zero-order valence-corrected chi connectivity index (χ0v) is 13.1. The summed E-state index contributed by atoms with van der Waals surface area (Å²) in [6.45, 7) is 3.15. The van der Waals surface area contributed by atoms with Gasteiger partial charge in [0.05, 0.1) is 23.3 Å². The summed E-state index contributed by atoms with van der Waals surface area (Å²) >= 11 is 0. The number of carbonyl (C=O) groups is 2. The minimum Gasteiger partial charge on any atom is -0.467 e. The fourth-order valence-electron chi connectivity index (χ4n) is 2.00. The molecule has 1 aromatic heterocycles. The van der Waals surface area contributed by atoms with Gasteiger partial charge in [-0.25, -0.2) is 4.79 Å². The van der Waals surface area contributed by atoms with Crippen LogP contribution in [0.2, 0.25) is 0 Å². The van der Waals surface area contributed by atoms with E-state index in [1.807, 2.05) is 0 Å². The topological polar surface area (TPSA) is 112 Å². The maximum absolute atomic E-state index is 12.0. The molecule has 126 valence electrons. The van der Waals surface area contributed by atoms with Gasteiger partial charge in [-0.2, -0.15) is 0 Å². The van der Waals surface area contributed by atoms with Gasteiger partial charge in [0.2, 0.25) is 0 Å². The molecule has 0 aliphatic carbocycles. The van der Waals surface area contributed by atoms with Crippen molar-refractivity contribution in [2.45, 2.75) is 26.5 Å². The van der Waals surface area contributed by atoms with Gasteiger partial charge in [0.15, 0.2) is 6.10 Å². The highest BCUT2D eigenvalue weighted by molar-refractivity contribution is 5.92. The molecule has 24 heavy (non-hydrogen) atoms. The summed E-state index contributed by atoms with van der Waals surface area (Å²) in [4.78, 5) is 34.2. The lowest BCUT2D eigenvalue weighted by Crippen LogP contribution is -2.35. The largest absolute Gasteiger partial charge is 0.467 e. The molecule has 0 spiro atoms. The van der Waals surface area contributed by atoms with Crippen molar-refractivity contribution in [1.82, 2.24) is 5.32 Å². The number of nitro groups is 1. The van der Waals surface area contributed by atoms with Gasteiger partial charge in [-0.1, -0.05) is 0 Å². The van der Waals surface area contributed by atoms with Crippen molar-refractivity contribution in [1.29, 1.82) is 0 Å².